The number of urea groups is 1. The Labute approximate surface area is 140 Å². The molecule has 4 aromatic rings. The minimum Gasteiger partial charge on any atom is -0.443 e. The first-order chi connectivity index (χ1) is 11.8. The standard InChI is InChI=1S/C16H13N5O2S/c22-16(20-21-10-18-12-4-1-2-5-13(12)21)17-8-11-9-23-15(19-11)14-6-3-7-24-14/h1-7,9-10H,8H2,(H2,17,20,22). The van der Waals surface area contributed by atoms with Crippen LogP contribution >= 0.6 is 11.3 Å². The van der Waals surface area contributed by atoms with Crippen LogP contribution in [0.2, 0.25) is 0 Å². The Kier molecular flexibility index (Phi) is 3.72. The van der Waals surface area contributed by atoms with Gasteiger partial charge in [0.05, 0.1) is 28.1 Å². The lowest BCUT2D eigenvalue weighted by atomic mass is 10.3. The van der Waals surface area contributed by atoms with Crippen molar-refractivity contribution in [2.24, 2.45) is 0 Å². The van der Waals surface area contributed by atoms with E-state index in [2.05, 4.69) is 20.7 Å². The van der Waals surface area contributed by atoms with Gasteiger partial charge in [0.15, 0.2) is 0 Å². The molecule has 0 spiro atoms. The van der Waals surface area contributed by atoms with E-state index in [0.717, 1.165) is 15.9 Å². The normalized spacial score (nSPS) is 10.8. The Balaban J connectivity index is 1.38. The number of aromatic nitrogens is 3. The number of amides is 2. The zero-order valence-corrected chi connectivity index (χ0v) is 13.3. The Morgan fingerprint density at radius 1 is 1.25 bits per heavy atom. The van der Waals surface area contributed by atoms with Gasteiger partial charge in [-0.1, -0.05) is 18.2 Å². The van der Waals surface area contributed by atoms with Crippen LogP contribution in [-0.4, -0.2) is 20.7 Å². The third kappa shape index (κ3) is 2.86. The van der Waals surface area contributed by atoms with Crippen LogP contribution in [0.4, 0.5) is 4.79 Å². The van der Waals surface area contributed by atoms with Crippen LogP contribution in [0.1, 0.15) is 5.69 Å². The molecule has 7 nitrogen and oxygen atoms in total. The molecule has 0 atom stereocenters. The number of hydrogen-bond acceptors (Lipinski definition) is 5. The second-order valence-electron chi connectivity index (χ2n) is 5.02. The largest absolute Gasteiger partial charge is 0.443 e. The highest BCUT2D eigenvalue weighted by molar-refractivity contribution is 7.13. The Bertz CT molecular complexity index is 973. The van der Waals surface area contributed by atoms with E-state index in [1.165, 1.54) is 0 Å². The van der Waals surface area contributed by atoms with E-state index in [1.54, 1.807) is 28.6 Å². The van der Waals surface area contributed by atoms with Crippen LogP contribution in [0.3, 0.4) is 0 Å². The Hall–Kier alpha value is -3.13. The van der Waals surface area contributed by atoms with Crippen molar-refractivity contribution in [3.8, 4) is 10.8 Å². The van der Waals surface area contributed by atoms with Gasteiger partial charge in [-0.25, -0.2) is 24.9 Å². The minimum absolute atomic E-state index is 0.271. The van der Waals surface area contributed by atoms with Crippen LogP contribution in [0, 0.1) is 0 Å². The molecular formula is C16H13N5O2S. The van der Waals surface area contributed by atoms with Crippen molar-refractivity contribution in [2.75, 3.05) is 5.43 Å². The maximum absolute atomic E-state index is 12.0. The summed E-state index contributed by atoms with van der Waals surface area (Å²) in [7, 11) is 0. The predicted molar refractivity (Wildman–Crippen MR) is 91.1 cm³/mol. The minimum atomic E-state index is -0.348. The van der Waals surface area contributed by atoms with Crippen molar-refractivity contribution in [1.82, 2.24) is 20.0 Å². The second-order valence-corrected chi connectivity index (χ2v) is 5.97. The van der Waals surface area contributed by atoms with Gasteiger partial charge in [0.2, 0.25) is 5.89 Å². The summed E-state index contributed by atoms with van der Waals surface area (Å²) in [4.78, 5) is 21.6. The van der Waals surface area contributed by atoms with E-state index >= 15 is 0 Å². The smallest absolute Gasteiger partial charge is 0.334 e. The lowest BCUT2D eigenvalue weighted by molar-refractivity contribution is 0.249. The summed E-state index contributed by atoms with van der Waals surface area (Å²) < 4.78 is 6.99. The van der Waals surface area contributed by atoms with E-state index in [-0.39, 0.29) is 12.6 Å². The van der Waals surface area contributed by atoms with Crippen LogP contribution in [0.25, 0.3) is 21.8 Å². The number of nitrogens with one attached hydrogen (secondary N) is 2. The predicted octanol–water partition coefficient (Wildman–Crippen LogP) is 3.21. The van der Waals surface area contributed by atoms with Crippen molar-refractivity contribution in [3.05, 3.63) is 60.1 Å². The SMILES string of the molecule is O=C(NCc1coc(-c2cccs2)n1)Nn1cnc2ccccc21. The maximum atomic E-state index is 12.0. The molecule has 2 amide bonds. The van der Waals surface area contributed by atoms with Gasteiger partial charge in [-0.15, -0.1) is 11.3 Å². The first-order valence-corrected chi connectivity index (χ1v) is 8.13. The van der Waals surface area contributed by atoms with Crippen molar-refractivity contribution in [1.29, 1.82) is 0 Å². The lowest BCUT2D eigenvalue weighted by Crippen LogP contribution is -2.33. The van der Waals surface area contributed by atoms with Gasteiger partial charge < -0.3 is 9.73 Å². The lowest BCUT2D eigenvalue weighted by Gasteiger charge is -2.07. The number of nitrogens with zero attached hydrogens (tertiary/aromatic N) is 3. The molecule has 0 radical (unpaired) electrons. The molecule has 2 N–H and O–H groups in total. The topological polar surface area (TPSA) is 85.0 Å². The molecule has 3 heterocycles. The number of carbonyl (C=O) groups is 1. The number of benzene rings is 1. The number of para-hydroxylation sites is 2. The molecule has 0 unspecified atom stereocenters. The molecule has 120 valence electrons. The summed E-state index contributed by atoms with van der Waals surface area (Å²) in [5, 5.41) is 4.70. The molecule has 8 heteroatoms. The molecule has 3 aromatic heterocycles. The first kappa shape index (κ1) is 14.5. The summed E-state index contributed by atoms with van der Waals surface area (Å²) in [5.74, 6) is 0.558. The number of rotatable bonds is 4. The van der Waals surface area contributed by atoms with E-state index in [9.17, 15) is 4.79 Å². The molecule has 0 saturated heterocycles. The van der Waals surface area contributed by atoms with Gasteiger partial charge in [0.25, 0.3) is 0 Å². The number of hydrogen-bond donors (Lipinski definition) is 2. The van der Waals surface area contributed by atoms with Gasteiger partial charge in [-0.2, -0.15) is 0 Å². The summed E-state index contributed by atoms with van der Waals surface area (Å²) in [6.07, 6.45) is 3.11. The quantitative estimate of drug-likeness (QED) is 0.598. The second kappa shape index (κ2) is 6.17. The molecule has 4 rings (SSSR count). The molecule has 1 aromatic carbocycles. The summed E-state index contributed by atoms with van der Waals surface area (Å²) >= 11 is 1.55. The number of carbonyl (C=O) groups excluding carboxylic acids is 1. The van der Waals surface area contributed by atoms with E-state index in [1.807, 2.05) is 41.8 Å². The molecular weight excluding hydrogens is 326 g/mol. The van der Waals surface area contributed by atoms with Crippen molar-refractivity contribution in [2.45, 2.75) is 6.54 Å². The fourth-order valence-corrected chi connectivity index (χ4v) is 2.93. The monoisotopic (exact) mass is 339 g/mol. The van der Waals surface area contributed by atoms with Gasteiger partial charge in [-0.05, 0) is 23.6 Å². The van der Waals surface area contributed by atoms with E-state index in [4.69, 9.17) is 4.42 Å². The number of oxazole rings is 1. The van der Waals surface area contributed by atoms with Crippen LogP contribution in [-0.2, 0) is 6.54 Å². The Morgan fingerprint density at radius 2 is 2.17 bits per heavy atom. The molecule has 0 bridgehead atoms. The zero-order chi connectivity index (χ0) is 16.4. The molecule has 0 saturated carbocycles. The molecule has 0 aliphatic heterocycles. The van der Waals surface area contributed by atoms with Crippen molar-refractivity contribution >= 4 is 28.4 Å². The van der Waals surface area contributed by atoms with E-state index in [0.29, 0.717) is 11.6 Å². The van der Waals surface area contributed by atoms with E-state index < -0.39 is 0 Å². The van der Waals surface area contributed by atoms with Crippen LogP contribution < -0.4 is 10.7 Å². The van der Waals surface area contributed by atoms with Crippen molar-refractivity contribution in [3.63, 3.8) is 0 Å². The first-order valence-electron chi connectivity index (χ1n) is 7.25. The Morgan fingerprint density at radius 3 is 3.04 bits per heavy atom. The summed E-state index contributed by atoms with van der Waals surface area (Å²) in [6.45, 7) is 0.271. The summed E-state index contributed by atoms with van der Waals surface area (Å²) in [6, 6.07) is 11.1. The van der Waals surface area contributed by atoms with Gasteiger partial charge in [0.1, 0.15) is 12.6 Å². The van der Waals surface area contributed by atoms with Gasteiger partial charge in [0, 0.05) is 0 Å². The average Bonchev–Trinajstić information content (AvgIpc) is 3.34. The highest BCUT2D eigenvalue weighted by Gasteiger charge is 2.09. The number of thiophene rings is 1. The average molecular weight is 339 g/mol. The van der Waals surface area contributed by atoms with Crippen LogP contribution in [0.15, 0.2) is 58.8 Å². The number of fused-ring (bicyclic) bond motifs is 1. The zero-order valence-electron chi connectivity index (χ0n) is 12.5. The summed E-state index contributed by atoms with van der Waals surface area (Å²) in [5.41, 5.74) is 5.02. The van der Waals surface area contributed by atoms with Crippen LogP contribution in [0.5, 0.6) is 0 Å². The fraction of sp³-hybridized carbons (Fsp3) is 0.0625. The van der Waals surface area contributed by atoms with Gasteiger partial charge >= 0.3 is 6.03 Å². The maximum Gasteiger partial charge on any atom is 0.334 e. The van der Waals surface area contributed by atoms with Crippen molar-refractivity contribution < 1.29 is 9.21 Å². The molecule has 24 heavy (non-hydrogen) atoms. The third-order valence-corrected chi connectivity index (χ3v) is 4.25. The highest BCUT2D eigenvalue weighted by Crippen LogP contribution is 2.23. The fourth-order valence-electron chi connectivity index (χ4n) is 2.27. The third-order valence-electron chi connectivity index (χ3n) is 3.39. The number of imidazole rings is 1. The van der Waals surface area contributed by atoms with Gasteiger partial charge in [-0.3, -0.25) is 0 Å². The molecule has 0 aliphatic rings. The molecule has 0 aliphatic carbocycles. The highest BCUT2D eigenvalue weighted by atomic mass is 32.1. The molecule has 0 fully saturated rings.